The SMILES string of the molecule is COc1ccc(/C=C2\Oc3cc(OC(=O)c4ccc(Cl)cc4)ccc3C2=O)cc1. The molecule has 0 aliphatic carbocycles. The molecule has 0 aromatic heterocycles. The van der Waals surface area contributed by atoms with Crippen molar-refractivity contribution in [2.45, 2.75) is 0 Å². The summed E-state index contributed by atoms with van der Waals surface area (Å²) in [5.74, 6) is 0.789. The Morgan fingerprint density at radius 2 is 1.66 bits per heavy atom. The quantitative estimate of drug-likeness (QED) is 0.339. The molecule has 0 radical (unpaired) electrons. The fourth-order valence-electron chi connectivity index (χ4n) is 2.83. The van der Waals surface area contributed by atoms with Gasteiger partial charge in [-0.2, -0.15) is 0 Å². The fraction of sp³-hybridized carbons (Fsp3) is 0.0435. The van der Waals surface area contributed by atoms with Gasteiger partial charge >= 0.3 is 5.97 Å². The molecule has 0 spiro atoms. The Morgan fingerprint density at radius 1 is 0.966 bits per heavy atom. The van der Waals surface area contributed by atoms with E-state index in [2.05, 4.69) is 0 Å². The van der Waals surface area contributed by atoms with E-state index in [0.717, 1.165) is 11.3 Å². The smallest absolute Gasteiger partial charge is 0.343 e. The molecule has 0 atom stereocenters. The maximum atomic E-state index is 12.6. The average Bonchev–Trinajstić information content (AvgIpc) is 3.03. The Labute approximate surface area is 172 Å². The topological polar surface area (TPSA) is 61.8 Å². The Balaban J connectivity index is 1.52. The number of ketones is 1. The van der Waals surface area contributed by atoms with Gasteiger partial charge in [0.25, 0.3) is 0 Å². The van der Waals surface area contributed by atoms with Gasteiger partial charge in [-0.3, -0.25) is 4.79 Å². The second-order valence-corrected chi connectivity index (χ2v) is 6.70. The maximum absolute atomic E-state index is 12.6. The van der Waals surface area contributed by atoms with Gasteiger partial charge in [0.15, 0.2) is 5.76 Å². The molecule has 0 amide bonds. The zero-order valence-corrected chi connectivity index (χ0v) is 16.1. The lowest BCUT2D eigenvalue weighted by Gasteiger charge is -2.06. The van der Waals surface area contributed by atoms with E-state index in [1.807, 2.05) is 12.1 Å². The third kappa shape index (κ3) is 4.00. The Hall–Kier alpha value is -3.57. The number of methoxy groups -OCH3 is 1. The van der Waals surface area contributed by atoms with Gasteiger partial charge in [0, 0.05) is 11.1 Å². The highest BCUT2D eigenvalue weighted by molar-refractivity contribution is 6.30. The lowest BCUT2D eigenvalue weighted by molar-refractivity contribution is 0.0734. The molecule has 3 aromatic rings. The molecule has 1 aliphatic heterocycles. The molecule has 1 aliphatic rings. The molecule has 4 rings (SSSR count). The van der Waals surface area contributed by atoms with Gasteiger partial charge in [-0.15, -0.1) is 0 Å². The highest BCUT2D eigenvalue weighted by Crippen LogP contribution is 2.35. The van der Waals surface area contributed by atoms with Crippen LogP contribution in [0.5, 0.6) is 17.2 Å². The molecule has 0 N–H and O–H groups in total. The third-order valence-electron chi connectivity index (χ3n) is 4.35. The molecule has 0 bridgehead atoms. The minimum atomic E-state index is -0.528. The van der Waals surface area contributed by atoms with Gasteiger partial charge in [-0.25, -0.2) is 4.79 Å². The minimum absolute atomic E-state index is 0.200. The average molecular weight is 407 g/mol. The van der Waals surface area contributed by atoms with Gasteiger partial charge in [-0.05, 0) is 60.2 Å². The van der Waals surface area contributed by atoms with E-state index >= 15 is 0 Å². The molecule has 3 aromatic carbocycles. The van der Waals surface area contributed by atoms with Crippen LogP contribution in [-0.4, -0.2) is 18.9 Å². The molecule has 6 heteroatoms. The van der Waals surface area contributed by atoms with Crippen molar-refractivity contribution in [3.05, 3.63) is 94.2 Å². The second-order valence-electron chi connectivity index (χ2n) is 6.27. The number of fused-ring (bicyclic) bond motifs is 1. The van der Waals surface area contributed by atoms with Crippen molar-refractivity contribution >= 4 is 29.4 Å². The van der Waals surface area contributed by atoms with Crippen LogP contribution in [0.2, 0.25) is 5.02 Å². The van der Waals surface area contributed by atoms with E-state index in [-0.39, 0.29) is 17.3 Å². The van der Waals surface area contributed by atoms with Crippen LogP contribution in [0.4, 0.5) is 0 Å². The van der Waals surface area contributed by atoms with Crippen LogP contribution < -0.4 is 14.2 Å². The maximum Gasteiger partial charge on any atom is 0.343 e. The fourth-order valence-corrected chi connectivity index (χ4v) is 2.96. The first-order valence-corrected chi connectivity index (χ1v) is 9.11. The largest absolute Gasteiger partial charge is 0.497 e. The minimum Gasteiger partial charge on any atom is -0.497 e. The van der Waals surface area contributed by atoms with Crippen molar-refractivity contribution in [2.24, 2.45) is 0 Å². The highest BCUT2D eigenvalue weighted by atomic mass is 35.5. The zero-order chi connectivity index (χ0) is 20.4. The molecule has 0 saturated carbocycles. The number of ether oxygens (including phenoxy) is 3. The van der Waals surface area contributed by atoms with Gasteiger partial charge in [0.05, 0.1) is 18.2 Å². The summed E-state index contributed by atoms with van der Waals surface area (Å²) < 4.78 is 16.2. The van der Waals surface area contributed by atoms with Crippen molar-refractivity contribution in [2.75, 3.05) is 7.11 Å². The first kappa shape index (κ1) is 18.8. The van der Waals surface area contributed by atoms with E-state index in [4.69, 9.17) is 25.8 Å². The number of hydrogen-bond donors (Lipinski definition) is 0. The van der Waals surface area contributed by atoms with Gasteiger partial charge < -0.3 is 14.2 Å². The summed E-state index contributed by atoms with van der Waals surface area (Å²) in [6.07, 6.45) is 1.65. The summed E-state index contributed by atoms with van der Waals surface area (Å²) in [6.45, 7) is 0. The number of carbonyl (C=O) groups is 2. The molecule has 0 fully saturated rings. The predicted octanol–water partition coefficient (Wildman–Crippen LogP) is 5.18. The molecule has 1 heterocycles. The number of hydrogen-bond acceptors (Lipinski definition) is 5. The highest BCUT2D eigenvalue weighted by Gasteiger charge is 2.28. The monoisotopic (exact) mass is 406 g/mol. The Morgan fingerprint density at radius 3 is 2.34 bits per heavy atom. The molecule has 0 unspecified atom stereocenters. The van der Waals surface area contributed by atoms with E-state index in [1.165, 1.54) is 6.07 Å². The third-order valence-corrected chi connectivity index (χ3v) is 4.60. The van der Waals surface area contributed by atoms with Crippen molar-refractivity contribution in [3.63, 3.8) is 0 Å². The molecule has 144 valence electrons. The summed E-state index contributed by atoms with van der Waals surface area (Å²) in [4.78, 5) is 24.8. The van der Waals surface area contributed by atoms with Crippen LogP contribution in [0.15, 0.2) is 72.5 Å². The number of allylic oxidation sites excluding steroid dienone is 1. The van der Waals surface area contributed by atoms with Crippen LogP contribution in [0.1, 0.15) is 26.3 Å². The first-order valence-electron chi connectivity index (χ1n) is 8.73. The van der Waals surface area contributed by atoms with E-state index in [1.54, 1.807) is 61.7 Å². The number of esters is 1. The number of carbonyl (C=O) groups excluding carboxylic acids is 2. The van der Waals surface area contributed by atoms with Crippen LogP contribution in [0.25, 0.3) is 6.08 Å². The Kier molecular flexibility index (Phi) is 5.06. The summed E-state index contributed by atoms with van der Waals surface area (Å²) in [6, 6.07) is 18.3. The second kappa shape index (κ2) is 7.81. The molecule has 5 nitrogen and oxygen atoms in total. The van der Waals surface area contributed by atoms with Crippen LogP contribution in [0, 0.1) is 0 Å². The van der Waals surface area contributed by atoms with Gasteiger partial charge in [0.2, 0.25) is 5.78 Å². The standard InChI is InChI=1S/C23H15ClO5/c1-27-17-8-2-14(3-9-17)12-21-22(25)19-11-10-18(13-20(19)29-21)28-23(26)15-4-6-16(24)7-5-15/h2-13H,1H3/b21-12-. The van der Waals surface area contributed by atoms with Crippen molar-refractivity contribution in [3.8, 4) is 17.2 Å². The van der Waals surface area contributed by atoms with Gasteiger partial charge in [0.1, 0.15) is 17.2 Å². The van der Waals surface area contributed by atoms with Crippen molar-refractivity contribution in [1.29, 1.82) is 0 Å². The lowest BCUT2D eigenvalue weighted by Crippen LogP contribution is -2.08. The van der Waals surface area contributed by atoms with E-state index in [9.17, 15) is 9.59 Å². The number of halogens is 1. The number of benzene rings is 3. The van der Waals surface area contributed by atoms with Crippen molar-refractivity contribution in [1.82, 2.24) is 0 Å². The zero-order valence-electron chi connectivity index (χ0n) is 15.3. The van der Waals surface area contributed by atoms with Crippen LogP contribution in [0.3, 0.4) is 0 Å². The summed E-state index contributed by atoms with van der Waals surface area (Å²) >= 11 is 5.83. The summed E-state index contributed by atoms with van der Waals surface area (Å²) in [7, 11) is 1.59. The van der Waals surface area contributed by atoms with Crippen LogP contribution in [-0.2, 0) is 0 Å². The first-order chi connectivity index (χ1) is 14.0. The van der Waals surface area contributed by atoms with E-state index < -0.39 is 5.97 Å². The Bertz CT molecular complexity index is 1120. The normalized spacial score (nSPS) is 13.7. The number of Topliss-reactive ketones (excluding diaryl/α,β-unsaturated/α-hetero) is 1. The molecular formula is C23H15ClO5. The predicted molar refractivity (Wildman–Crippen MR) is 109 cm³/mol. The summed E-state index contributed by atoms with van der Waals surface area (Å²) in [5, 5.41) is 0.530. The molecular weight excluding hydrogens is 392 g/mol. The molecule has 0 saturated heterocycles. The van der Waals surface area contributed by atoms with Gasteiger partial charge in [-0.1, -0.05) is 23.7 Å². The molecule has 29 heavy (non-hydrogen) atoms. The van der Waals surface area contributed by atoms with E-state index in [0.29, 0.717) is 21.9 Å². The lowest BCUT2D eigenvalue weighted by atomic mass is 10.1. The summed E-state index contributed by atoms with van der Waals surface area (Å²) in [5.41, 5.74) is 1.58. The van der Waals surface area contributed by atoms with Crippen molar-refractivity contribution < 1.29 is 23.8 Å². The number of rotatable bonds is 4. The van der Waals surface area contributed by atoms with Crippen LogP contribution >= 0.6 is 11.6 Å².